The Kier molecular flexibility index (Phi) is 6.50. The van der Waals surface area contributed by atoms with Crippen LogP contribution in [0.3, 0.4) is 0 Å². The minimum absolute atomic E-state index is 0.0709. The number of rotatable bonds is 8. The van der Waals surface area contributed by atoms with Crippen molar-refractivity contribution < 1.29 is 23.9 Å². The van der Waals surface area contributed by atoms with Crippen molar-refractivity contribution >= 4 is 17.6 Å². The number of hydrogen-bond acceptors (Lipinski definition) is 5. The first-order valence-corrected chi connectivity index (χ1v) is 11.3. The van der Waals surface area contributed by atoms with Crippen LogP contribution in [-0.4, -0.2) is 24.7 Å². The molecule has 4 rings (SSSR count). The summed E-state index contributed by atoms with van der Waals surface area (Å²) >= 11 is 0. The van der Waals surface area contributed by atoms with Crippen molar-refractivity contribution in [3.8, 4) is 17.2 Å². The Morgan fingerprint density at radius 3 is 2.35 bits per heavy atom. The molecule has 3 aromatic rings. The normalized spacial score (nSPS) is 17.4. The molecule has 1 aliphatic rings. The zero-order valence-corrected chi connectivity index (χ0v) is 19.5. The van der Waals surface area contributed by atoms with E-state index in [0.29, 0.717) is 28.4 Å². The van der Waals surface area contributed by atoms with Gasteiger partial charge in [-0.05, 0) is 79.1 Å². The maximum Gasteiger partial charge on any atom is 0.237 e. The summed E-state index contributed by atoms with van der Waals surface area (Å²) in [7, 11) is 1.59. The summed E-state index contributed by atoms with van der Waals surface area (Å²) in [5, 5.41) is 2.38. The van der Waals surface area contributed by atoms with E-state index in [1.807, 2.05) is 30.3 Å². The summed E-state index contributed by atoms with van der Waals surface area (Å²) < 4.78 is 11.4. The number of methoxy groups -OCH3 is 1. The highest BCUT2D eigenvalue weighted by atomic mass is 16.5. The average Bonchev–Trinajstić information content (AvgIpc) is 3.12. The summed E-state index contributed by atoms with van der Waals surface area (Å²) in [4.78, 5) is 37.1. The second-order valence-corrected chi connectivity index (χ2v) is 8.65. The highest BCUT2D eigenvalue weighted by molar-refractivity contribution is 6.09. The van der Waals surface area contributed by atoms with Gasteiger partial charge in [0.2, 0.25) is 11.8 Å². The molecule has 2 amide bonds. The molecule has 1 N–H and O–H groups in total. The van der Waals surface area contributed by atoms with Gasteiger partial charge in [0.1, 0.15) is 17.2 Å². The number of ether oxygens (including phenoxy) is 2. The van der Waals surface area contributed by atoms with Crippen molar-refractivity contribution in [2.75, 3.05) is 7.11 Å². The minimum atomic E-state index is -0.919. The molecular formula is C28H27NO5. The van der Waals surface area contributed by atoms with E-state index in [9.17, 15) is 14.4 Å². The molecule has 6 nitrogen and oxygen atoms in total. The Bertz CT molecular complexity index is 1250. The molecule has 0 radical (unpaired) electrons. The van der Waals surface area contributed by atoms with Gasteiger partial charge in [-0.2, -0.15) is 0 Å². The topological polar surface area (TPSA) is 81.7 Å². The maximum absolute atomic E-state index is 13.0. The van der Waals surface area contributed by atoms with Crippen LogP contribution >= 0.6 is 0 Å². The highest BCUT2D eigenvalue weighted by Gasteiger charge is 2.44. The summed E-state index contributed by atoms with van der Waals surface area (Å²) in [6.07, 6.45) is 1.74. The number of hydrogen-bond donors (Lipinski definition) is 1. The van der Waals surface area contributed by atoms with Gasteiger partial charge in [0.15, 0.2) is 5.78 Å². The number of carbonyl (C=O) groups excluding carboxylic acids is 3. The molecule has 0 aliphatic carbocycles. The molecule has 1 fully saturated rings. The van der Waals surface area contributed by atoms with Crippen molar-refractivity contribution in [2.24, 2.45) is 0 Å². The van der Waals surface area contributed by atoms with E-state index in [-0.39, 0.29) is 24.0 Å². The Hall–Kier alpha value is -3.93. The van der Waals surface area contributed by atoms with Crippen LogP contribution in [0.4, 0.5) is 0 Å². The third-order valence-corrected chi connectivity index (χ3v) is 6.16. The highest BCUT2D eigenvalue weighted by Crippen LogP contribution is 2.35. The largest absolute Gasteiger partial charge is 0.497 e. The van der Waals surface area contributed by atoms with E-state index in [2.05, 4.69) is 12.2 Å². The fourth-order valence-corrected chi connectivity index (χ4v) is 4.17. The predicted molar refractivity (Wildman–Crippen MR) is 128 cm³/mol. The fourth-order valence-electron chi connectivity index (χ4n) is 4.17. The van der Waals surface area contributed by atoms with E-state index in [0.717, 1.165) is 24.0 Å². The molecule has 0 saturated carbocycles. The molecule has 0 unspecified atom stereocenters. The lowest BCUT2D eigenvalue weighted by atomic mass is 9.81. The van der Waals surface area contributed by atoms with Gasteiger partial charge in [-0.15, -0.1) is 0 Å². The predicted octanol–water partition coefficient (Wildman–Crippen LogP) is 4.98. The molecule has 1 atom stereocenters. The van der Waals surface area contributed by atoms with Crippen LogP contribution in [-0.2, 0) is 21.4 Å². The SMILES string of the molecule is CCCc1cc(C(=O)c2ccc(OC)cc2)ccc1Oc1cccc([C@]2(C)CC(=O)NC2=O)c1. The van der Waals surface area contributed by atoms with Gasteiger partial charge in [-0.25, -0.2) is 0 Å². The maximum atomic E-state index is 13.0. The molecule has 0 aromatic heterocycles. The number of imide groups is 1. The number of nitrogens with one attached hydrogen (secondary N) is 1. The molecule has 174 valence electrons. The zero-order chi connectivity index (χ0) is 24.3. The van der Waals surface area contributed by atoms with Crippen LogP contribution in [0.15, 0.2) is 66.7 Å². The second-order valence-electron chi connectivity index (χ2n) is 8.65. The summed E-state index contributed by atoms with van der Waals surface area (Å²) in [5.74, 6) is 1.27. The van der Waals surface area contributed by atoms with Gasteiger partial charge in [0.25, 0.3) is 0 Å². The molecule has 6 heteroatoms. The molecule has 0 bridgehead atoms. The lowest BCUT2D eigenvalue weighted by Gasteiger charge is -2.21. The first-order valence-electron chi connectivity index (χ1n) is 11.3. The van der Waals surface area contributed by atoms with Gasteiger partial charge >= 0.3 is 0 Å². The molecule has 0 spiro atoms. The Morgan fingerprint density at radius 1 is 0.971 bits per heavy atom. The van der Waals surface area contributed by atoms with Gasteiger partial charge in [-0.3, -0.25) is 19.7 Å². The lowest BCUT2D eigenvalue weighted by molar-refractivity contribution is -0.126. The third-order valence-electron chi connectivity index (χ3n) is 6.16. The zero-order valence-electron chi connectivity index (χ0n) is 19.5. The number of ketones is 1. The van der Waals surface area contributed by atoms with Crippen LogP contribution in [0.5, 0.6) is 17.2 Å². The molecule has 34 heavy (non-hydrogen) atoms. The van der Waals surface area contributed by atoms with Gasteiger partial charge in [-0.1, -0.05) is 25.5 Å². The van der Waals surface area contributed by atoms with Crippen molar-refractivity contribution in [1.82, 2.24) is 5.32 Å². The number of amides is 2. The first kappa shape index (κ1) is 23.2. The molecule has 1 aliphatic heterocycles. The Balaban J connectivity index is 1.61. The van der Waals surface area contributed by atoms with Crippen LogP contribution < -0.4 is 14.8 Å². The molecule has 3 aromatic carbocycles. The molecular weight excluding hydrogens is 430 g/mol. The number of carbonyl (C=O) groups is 3. The first-order chi connectivity index (χ1) is 16.3. The quantitative estimate of drug-likeness (QED) is 0.381. The summed E-state index contributed by atoms with van der Waals surface area (Å²) in [6, 6.07) is 19.7. The van der Waals surface area contributed by atoms with E-state index in [1.165, 1.54) is 0 Å². The fraction of sp³-hybridized carbons (Fsp3) is 0.250. The smallest absolute Gasteiger partial charge is 0.237 e. The standard InChI is InChI=1S/C28H27NO5/c1-4-6-19-15-20(26(31)18-9-12-22(33-3)13-10-18)11-14-24(19)34-23-8-5-7-21(16-23)28(2)17-25(30)29-27(28)32/h5,7-16H,4,6,17H2,1-3H3,(H,29,30,32)/t28-/m0/s1. The van der Waals surface area contributed by atoms with E-state index >= 15 is 0 Å². The van der Waals surface area contributed by atoms with Gasteiger partial charge in [0.05, 0.1) is 12.5 Å². The van der Waals surface area contributed by atoms with E-state index in [4.69, 9.17) is 9.47 Å². The van der Waals surface area contributed by atoms with E-state index in [1.54, 1.807) is 50.4 Å². The minimum Gasteiger partial charge on any atom is -0.497 e. The van der Waals surface area contributed by atoms with Gasteiger partial charge in [0, 0.05) is 17.5 Å². The van der Waals surface area contributed by atoms with Crippen LogP contribution in [0.2, 0.25) is 0 Å². The van der Waals surface area contributed by atoms with Crippen molar-refractivity contribution in [3.05, 3.63) is 89.0 Å². The van der Waals surface area contributed by atoms with Crippen LogP contribution in [0.1, 0.15) is 53.7 Å². The monoisotopic (exact) mass is 457 g/mol. The Morgan fingerprint density at radius 2 is 1.71 bits per heavy atom. The number of aryl methyl sites for hydroxylation is 1. The second kappa shape index (κ2) is 9.51. The molecule has 1 heterocycles. The lowest BCUT2D eigenvalue weighted by Crippen LogP contribution is -2.32. The summed E-state index contributed by atoms with van der Waals surface area (Å²) in [6.45, 7) is 3.83. The number of benzene rings is 3. The van der Waals surface area contributed by atoms with Crippen molar-refractivity contribution in [1.29, 1.82) is 0 Å². The average molecular weight is 458 g/mol. The Labute approximate surface area is 198 Å². The molecule has 1 saturated heterocycles. The summed E-state index contributed by atoms with van der Waals surface area (Å²) in [5.41, 5.74) is 1.90. The van der Waals surface area contributed by atoms with Crippen LogP contribution in [0, 0.1) is 0 Å². The van der Waals surface area contributed by atoms with Crippen LogP contribution in [0.25, 0.3) is 0 Å². The van der Waals surface area contributed by atoms with Crippen molar-refractivity contribution in [2.45, 2.75) is 38.5 Å². The van der Waals surface area contributed by atoms with Crippen molar-refractivity contribution in [3.63, 3.8) is 0 Å². The van der Waals surface area contributed by atoms with E-state index < -0.39 is 5.41 Å². The third kappa shape index (κ3) is 4.57. The van der Waals surface area contributed by atoms with Gasteiger partial charge < -0.3 is 9.47 Å².